The molecule has 4 aliphatic carbocycles. The number of carbonyl (C=O) groups is 1. The van der Waals surface area contributed by atoms with Gasteiger partial charge in [-0.25, -0.2) is 18.4 Å². The van der Waals surface area contributed by atoms with E-state index in [-0.39, 0.29) is 22.8 Å². The van der Waals surface area contributed by atoms with Crippen LogP contribution in [0.3, 0.4) is 0 Å². The van der Waals surface area contributed by atoms with Crippen molar-refractivity contribution in [2.24, 2.45) is 22.2 Å². The number of fused-ring (bicyclic) bond motifs is 1. The van der Waals surface area contributed by atoms with Crippen molar-refractivity contribution in [1.29, 1.82) is 0 Å². The van der Waals surface area contributed by atoms with Gasteiger partial charge in [-0.05, 0) is 85.3 Å². The van der Waals surface area contributed by atoms with Gasteiger partial charge in [0.1, 0.15) is 12.1 Å². The van der Waals surface area contributed by atoms with Gasteiger partial charge in [0, 0.05) is 23.6 Å². The lowest BCUT2D eigenvalue weighted by molar-refractivity contribution is -0.153. The van der Waals surface area contributed by atoms with Crippen molar-refractivity contribution in [2.75, 3.05) is 11.9 Å². The maximum Gasteiger partial charge on any atom is 0.243 e. The minimum absolute atomic E-state index is 0.0130. The Kier molecular flexibility index (Phi) is 5.56. The first-order valence-electron chi connectivity index (χ1n) is 12.9. The molecule has 4 saturated carbocycles. The summed E-state index contributed by atoms with van der Waals surface area (Å²) in [5.41, 5.74) is 2.27. The topological polar surface area (TPSA) is 92.3 Å². The van der Waals surface area contributed by atoms with Crippen molar-refractivity contribution in [3.63, 3.8) is 0 Å². The number of hydrogen-bond acceptors (Lipinski definition) is 5. The molecule has 1 N–H and O–H groups in total. The lowest BCUT2D eigenvalue weighted by Crippen LogP contribution is -2.55. The molecule has 1 aliphatic heterocycles. The Hall–Kier alpha value is -2.03. The molecule has 5 aliphatic rings. The van der Waals surface area contributed by atoms with E-state index in [1.807, 2.05) is 0 Å². The van der Waals surface area contributed by atoms with E-state index in [0.717, 1.165) is 30.7 Å². The maximum absolute atomic E-state index is 13.3. The second-order valence-electron chi connectivity index (χ2n) is 12.5. The number of amides is 1. The Bertz CT molecular complexity index is 1330. The molecule has 36 heavy (non-hydrogen) atoms. The summed E-state index contributed by atoms with van der Waals surface area (Å²) < 4.78 is 27.8. The Morgan fingerprint density at radius 2 is 1.89 bits per heavy atom. The third-order valence-corrected chi connectivity index (χ3v) is 11.0. The van der Waals surface area contributed by atoms with Crippen LogP contribution in [0, 0.1) is 22.2 Å². The highest BCUT2D eigenvalue weighted by molar-refractivity contribution is 7.89. The third-order valence-electron chi connectivity index (χ3n) is 8.94. The van der Waals surface area contributed by atoms with Gasteiger partial charge in [0.15, 0.2) is 0 Å². The standard InChI is InChI=1S/C27H33ClN4O3S/c1-25-9-18-10-26(2,14-25)16-27(11-18,15-25)12-23(33)31-24-21-6-7-32(13-22(21)29-17-30-24)36(34,35)20-5-3-4-19(28)8-20/h3-5,8,17-18H,6-7,9-16H2,1-2H3,(H,29,30,31,33). The summed E-state index contributed by atoms with van der Waals surface area (Å²) in [4.78, 5) is 22.3. The maximum atomic E-state index is 13.3. The van der Waals surface area contributed by atoms with E-state index in [9.17, 15) is 13.2 Å². The van der Waals surface area contributed by atoms with Gasteiger partial charge >= 0.3 is 0 Å². The Balaban J connectivity index is 1.18. The van der Waals surface area contributed by atoms with Gasteiger partial charge in [-0.1, -0.05) is 31.5 Å². The number of aromatic nitrogens is 2. The van der Waals surface area contributed by atoms with Crippen LogP contribution in [0.4, 0.5) is 5.82 Å². The number of nitrogens with one attached hydrogen (secondary N) is 1. The van der Waals surface area contributed by atoms with E-state index in [4.69, 9.17) is 11.6 Å². The van der Waals surface area contributed by atoms with Crippen LogP contribution in [-0.2, 0) is 27.8 Å². The first kappa shape index (κ1) is 24.3. The summed E-state index contributed by atoms with van der Waals surface area (Å²) in [6, 6.07) is 6.29. The van der Waals surface area contributed by atoms with Gasteiger partial charge in [-0.3, -0.25) is 4.79 Å². The van der Waals surface area contributed by atoms with Crippen LogP contribution in [0.5, 0.6) is 0 Å². The fourth-order valence-electron chi connectivity index (χ4n) is 8.82. The van der Waals surface area contributed by atoms with Crippen molar-refractivity contribution >= 4 is 33.3 Å². The van der Waals surface area contributed by atoms with Crippen molar-refractivity contribution in [3.05, 3.63) is 46.9 Å². The average molecular weight is 529 g/mol. The molecule has 4 bridgehead atoms. The normalized spacial score (nSPS) is 33.4. The number of rotatable bonds is 5. The molecule has 192 valence electrons. The molecule has 0 saturated heterocycles. The van der Waals surface area contributed by atoms with Gasteiger partial charge in [-0.15, -0.1) is 0 Å². The number of nitrogens with zero attached hydrogens (tertiary/aromatic N) is 3. The Labute approximate surface area is 218 Å². The number of sulfonamides is 1. The number of benzene rings is 1. The first-order valence-corrected chi connectivity index (χ1v) is 14.7. The molecule has 0 spiro atoms. The van der Waals surface area contributed by atoms with Crippen LogP contribution in [-0.4, -0.2) is 35.1 Å². The van der Waals surface area contributed by atoms with Crippen molar-refractivity contribution in [3.8, 4) is 0 Å². The molecule has 1 aromatic carbocycles. The van der Waals surface area contributed by atoms with Gasteiger partial charge < -0.3 is 5.32 Å². The fourth-order valence-corrected chi connectivity index (χ4v) is 10.5. The molecule has 2 atom stereocenters. The lowest BCUT2D eigenvalue weighted by Gasteiger charge is -2.65. The number of halogens is 1. The van der Waals surface area contributed by atoms with Crippen molar-refractivity contribution in [1.82, 2.24) is 14.3 Å². The Morgan fingerprint density at radius 1 is 1.14 bits per heavy atom. The van der Waals surface area contributed by atoms with Gasteiger partial charge in [0.2, 0.25) is 15.9 Å². The molecule has 2 heterocycles. The molecule has 7 nitrogen and oxygen atoms in total. The Morgan fingerprint density at radius 3 is 2.58 bits per heavy atom. The van der Waals surface area contributed by atoms with E-state index >= 15 is 0 Å². The predicted molar refractivity (Wildman–Crippen MR) is 138 cm³/mol. The minimum Gasteiger partial charge on any atom is -0.310 e. The third kappa shape index (κ3) is 4.25. The molecule has 1 aromatic heterocycles. The van der Waals surface area contributed by atoms with Gasteiger partial charge in [0.25, 0.3) is 0 Å². The summed E-state index contributed by atoms with van der Waals surface area (Å²) in [7, 11) is -3.70. The second-order valence-corrected chi connectivity index (χ2v) is 14.9. The minimum atomic E-state index is -3.70. The van der Waals surface area contributed by atoms with E-state index in [1.54, 1.807) is 18.2 Å². The van der Waals surface area contributed by atoms with E-state index < -0.39 is 10.0 Å². The lowest BCUT2D eigenvalue weighted by atomic mass is 9.40. The number of hydrogen-bond donors (Lipinski definition) is 1. The summed E-state index contributed by atoms with van der Waals surface area (Å²) in [6.45, 7) is 5.27. The highest BCUT2D eigenvalue weighted by Gasteiger charge is 2.60. The highest BCUT2D eigenvalue weighted by Crippen LogP contribution is 2.70. The predicted octanol–water partition coefficient (Wildman–Crippen LogP) is 5.20. The van der Waals surface area contributed by atoms with Crippen molar-refractivity contribution < 1.29 is 13.2 Å². The van der Waals surface area contributed by atoms with E-state index in [1.165, 1.54) is 36.0 Å². The molecule has 4 fully saturated rings. The molecule has 1 amide bonds. The number of anilines is 1. The summed E-state index contributed by atoms with van der Waals surface area (Å²) in [6.07, 6.45) is 9.71. The zero-order chi connectivity index (χ0) is 25.3. The van der Waals surface area contributed by atoms with Crippen molar-refractivity contribution in [2.45, 2.75) is 76.7 Å². The first-order chi connectivity index (χ1) is 17.0. The summed E-state index contributed by atoms with van der Waals surface area (Å²) >= 11 is 6.02. The SMILES string of the molecule is CC12CC3CC(C)(C1)CC(CC(=O)Nc1ncnc4c1CCN(S(=O)(=O)c1cccc(Cl)c1)C4)(C3)C2. The van der Waals surface area contributed by atoms with Gasteiger partial charge in [0.05, 0.1) is 17.1 Å². The quantitative estimate of drug-likeness (QED) is 0.575. The molecular formula is C27H33ClN4O3S. The summed E-state index contributed by atoms with van der Waals surface area (Å²) in [5.74, 6) is 1.27. The number of carbonyl (C=O) groups excluding carboxylic acids is 1. The molecular weight excluding hydrogens is 496 g/mol. The highest BCUT2D eigenvalue weighted by atomic mass is 35.5. The molecule has 2 unspecified atom stereocenters. The van der Waals surface area contributed by atoms with E-state index in [2.05, 4.69) is 29.1 Å². The smallest absolute Gasteiger partial charge is 0.243 e. The molecule has 0 radical (unpaired) electrons. The zero-order valence-corrected chi connectivity index (χ0v) is 22.5. The van der Waals surface area contributed by atoms with Crippen LogP contribution in [0.15, 0.2) is 35.5 Å². The van der Waals surface area contributed by atoms with Crippen LogP contribution < -0.4 is 5.32 Å². The van der Waals surface area contributed by atoms with Crippen LogP contribution in [0.2, 0.25) is 5.02 Å². The van der Waals surface area contributed by atoms with Crippen LogP contribution in [0.25, 0.3) is 0 Å². The molecule has 9 heteroatoms. The van der Waals surface area contributed by atoms with Crippen LogP contribution in [0.1, 0.15) is 70.1 Å². The summed E-state index contributed by atoms with van der Waals surface area (Å²) in [5, 5.41) is 3.46. The van der Waals surface area contributed by atoms with Gasteiger partial charge in [-0.2, -0.15) is 4.31 Å². The fraction of sp³-hybridized carbons (Fsp3) is 0.593. The second kappa shape index (κ2) is 8.23. The molecule has 7 rings (SSSR count). The van der Waals surface area contributed by atoms with Crippen LogP contribution >= 0.6 is 11.6 Å². The molecule has 2 aromatic rings. The monoisotopic (exact) mass is 528 g/mol. The zero-order valence-electron chi connectivity index (χ0n) is 20.9. The van der Waals surface area contributed by atoms with E-state index in [0.29, 0.717) is 46.8 Å². The largest absolute Gasteiger partial charge is 0.310 e. The average Bonchev–Trinajstić information content (AvgIpc) is 2.76.